The third-order valence-corrected chi connectivity index (χ3v) is 3.38. The lowest BCUT2D eigenvalue weighted by Gasteiger charge is -2.05. The van der Waals surface area contributed by atoms with E-state index in [1.165, 1.54) is 11.1 Å². The fourth-order valence-electron chi connectivity index (χ4n) is 1.44. The molecule has 2 heteroatoms. The van der Waals surface area contributed by atoms with Gasteiger partial charge in [0.05, 0.1) is 0 Å². The van der Waals surface area contributed by atoms with Gasteiger partial charge < -0.3 is 5.32 Å². The third kappa shape index (κ3) is 5.38. The van der Waals surface area contributed by atoms with E-state index in [0.717, 1.165) is 31.0 Å². The first-order chi connectivity index (χ1) is 7.86. The summed E-state index contributed by atoms with van der Waals surface area (Å²) in [7, 11) is 0. The molecule has 1 aromatic rings. The minimum Gasteiger partial charge on any atom is -0.312 e. The average Bonchev–Trinajstić information content (AvgIpc) is 2.34. The molecule has 0 amide bonds. The molecule has 1 aromatic carbocycles. The highest BCUT2D eigenvalue weighted by molar-refractivity contribution is 7.99. The van der Waals surface area contributed by atoms with Crippen LogP contribution < -0.4 is 5.32 Å². The van der Waals surface area contributed by atoms with Crippen LogP contribution in [-0.4, -0.2) is 18.1 Å². The van der Waals surface area contributed by atoms with Crippen LogP contribution in [0.25, 0.3) is 0 Å². The second-order valence-electron chi connectivity index (χ2n) is 3.71. The van der Waals surface area contributed by atoms with Gasteiger partial charge in [0.1, 0.15) is 0 Å². The number of nitrogens with one attached hydrogen (secondary N) is 1. The minimum atomic E-state index is 0.971. The molecule has 0 bridgehead atoms. The van der Waals surface area contributed by atoms with Crippen molar-refractivity contribution in [1.29, 1.82) is 0 Å². The molecular formula is C14H21NS. The van der Waals surface area contributed by atoms with Crippen LogP contribution in [-0.2, 0) is 13.0 Å². The van der Waals surface area contributed by atoms with Crippen LogP contribution in [0.1, 0.15) is 18.1 Å². The molecular weight excluding hydrogens is 214 g/mol. The molecule has 0 aliphatic heterocycles. The molecule has 0 aliphatic rings. The van der Waals surface area contributed by atoms with Crippen LogP contribution in [0.2, 0.25) is 0 Å². The van der Waals surface area contributed by atoms with E-state index in [1.54, 1.807) is 0 Å². The van der Waals surface area contributed by atoms with Crippen LogP contribution in [0.15, 0.2) is 36.9 Å². The lowest BCUT2D eigenvalue weighted by Crippen LogP contribution is -2.16. The Morgan fingerprint density at radius 1 is 1.25 bits per heavy atom. The van der Waals surface area contributed by atoms with Gasteiger partial charge in [-0.15, -0.1) is 6.58 Å². The summed E-state index contributed by atoms with van der Waals surface area (Å²) in [6.07, 6.45) is 3.07. The van der Waals surface area contributed by atoms with Gasteiger partial charge in [0.15, 0.2) is 0 Å². The second-order valence-corrected chi connectivity index (χ2v) is 4.86. The molecule has 0 radical (unpaired) electrons. The maximum Gasteiger partial charge on any atom is 0.0205 e. The smallest absolute Gasteiger partial charge is 0.0205 e. The molecule has 0 spiro atoms. The number of benzene rings is 1. The van der Waals surface area contributed by atoms with Gasteiger partial charge in [0.25, 0.3) is 0 Å². The van der Waals surface area contributed by atoms with Crippen molar-refractivity contribution in [1.82, 2.24) is 5.32 Å². The Morgan fingerprint density at radius 3 is 2.56 bits per heavy atom. The normalized spacial score (nSPS) is 10.3. The quantitative estimate of drug-likeness (QED) is 0.548. The van der Waals surface area contributed by atoms with E-state index in [1.807, 2.05) is 17.8 Å². The number of aryl methyl sites for hydroxylation is 1. The molecule has 88 valence electrons. The molecule has 0 saturated carbocycles. The molecule has 0 saturated heterocycles. The number of hydrogen-bond donors (Lipinski definition) is 1. The summed E-state index contributed by atoms with van der Waals surface area (Å²) in [5, 5.41) is 3.44. The van der Waals surface area contributed by atoms with E-state index in [-0.39, 0.29) is 0 Å². The van der Waals surface area contributed by atoms with E-state index in [2.05, 4.69) is 43.1 Å². The van der Waals surface area contributed by atoms with Crippen molar-refractivity contribution < 1.29 is 0 Å². The Morgan fingerprint density at radius 2 is 1.94 bits per heavy atom. The fraction of sp³-hybridized carbons (Fsp3) is 0.429. The molecule has 1 nitrogen and oxygen atoms in total. The Kier molecular flexibility index (Phi) is 7.02. The van der Waals surface area contributed by atoms with Crippen molar-refractivity contribution in [3.63, 3.8) is 0 Å². The molecule has 0 aliphatic carbocycles. The summed E-state index contributed by atoms with van der Waals surface area (Å²) in [5.41, 5.74) is 2.77. The second kappa shape index (κ2) is 8.43. The van der Waals surface area contributed by atoms with Gasteiger partial charge in [-0.2, -0.15) is 11.8 Å². The van der Waals surface area contributed by atoms with E-state index < -0.39 is 0 Å². The average molecular weight is 235 g/mol. The van der Waals surface area contributed by atoms with Crippen LogP contribution in [0.3, 0.4) is 0 Å². The lowest BCUT2D eigenvalue weighted by atomic mass is 10.1. The fourth-order valence-corrected chi connectivity index (χ4v) is 2.06. The predicted molar refractivity (Wildman–Crippen MR) is 75.0 cm³/mol. The molecule has 0 heterocycles. The largest absolute Gasteiger partial charge is 0.312 e. The minimum absolute atomic E-state index is 0.971. The van der Waals surface area contributed by atoms with Gasteiger partial charge in [-0.1, -0.05) is 37.3 Å². The van der Waals surface area contributed by atoms with Crippen LogP contribution >= 0.6 is 11.8 Å². The molecule has 0 atom stereocenters. The topological polar surface area (TPSA) is 12.0 Å². The molecule has 1 N–H and O–H groups in total. The Hall–Kier alpha value is -0.730. The van der Waals surface area contributed by atoms with Gasteiger partial charge in [-0.3, -0.25) is 0 Å². The number of thioether (sulfide) groups is 1. The highest BCUT2D eigenvalue weighted by atomic mass is 32.2. The summed E-state index contributed by atoms with van der Waals surface area (Å²) in [6.45, 7) is 7.92. The first kappa shape index (κ1) is 13.3. The van der Waals surface area contributed by atoms with Crippen LogP contribution in [0.5, 0.6) is 0 Å². The van der Waals surface area contributed by atoms with Gasteiger partial charge in [0, 0.05) is 24.6 Å². The van der Waals surface area contributed by atoms with E-state index >= 15 is 0 Å². The van der Waals surface area contributed by atoms with Crippen molar-refractivity contribution in [3.8, 4) is 0 Å². The lowest BCUT2D eigenvalue weighted by molar-refractivity contribution is 0.732. The zero-order chi connectivity index (χ0) is 11.6. The zero-order valence-corrected chi connectivity index (χ0v) is 10.9. The summed E-state index contributed by atoms with van der Waals surface area (Å²) >= 11 is 1.91. The molecule has 1 rings (SSSR count). The van der Waals surface area contributed by atoms with Crippen LogP contribution in [0, 0.1) is 0 Å². The summed E-state index contributed by atoms with van der Waals surface area (Å²) < 4.78 is 0. The maximum absolute atomic E-state index is 3.70. The Labute approximate surface area is 103 Å². The highest BCUT2D eigenvalue weighted by Crippen LogP contribution is 2.04. The van der Waals surface area contributed by atoms with Gasteiger partial charge in [-0.05, 0) is 17.5 Å². The van der Waals surface area contributed by atoms with Gasteiger partial charge in [-0.25, -0.2) is 0 Å². The number of rotatable bonds is 8. The molecule has 16 heavy (non-hydrogen) atoms. The van der Waals surface area contributed by atoms with Gasteiger partial charge in [0.2, 0.25) is 0 Å². The first-order valence-electron chi connectivity index (χ1n) is 5.84. The molecule has 0 fully saturated rings. The standard InChI is InChI=1S/C14H21NS/c1-3-10-16-11-9-15-12-14-7-5-13(4-2)6-8-14/h3,5-8,15H,1,4,9-12H2,2H3. The Balaban J connectivity index is 2.14. The van der Waals surface area contributed by atoms with E-state index in [4.69, 9.17) is 0 Å². The van der Waals surface area contributed by atoms with Crippen molar-refractivity contribution in [2.75, 3.05) is 18.1 Å². The van der Waals surface area contributed by atoms with Crippen molar-refractivity contribution in [2.24, 2.45) is 0 Å². The SMILES string of the molecule is C=CCSCCNCc1ccc(CC)cc1. The highest BCUT2D eigenvalue weighted by Gasteiger charge is 1.93. The number of hydrogen-bond acceptors (Lipinski definition) is 2. The van der Waals surface area contributed by atoms with E-state index in [9.17, 15) is 0 Å². The van der Waals surface area contributed by atoms with Crippen molar-refractivity contribution in [2.45, 2.75) is 19.9 Å². The van der Waals surface area contributed by atoms with Crippen LogP contribution in [0.4, 0.5) is 0 Å². The maximum atomic E-state index is 3.70. The predicted octanol–water partition coefficient (Wildman–Crippen LogP) is 3.26. The first-order valence-corrected chi connectivity index (χ1v) is 6.99. The Bertz CT molecular complexity index is 292. The molecule has 0 unspecified atom stereocenters. The van der Waals surface area contributed by atoms with Crippen molar-refractivity contribution >= 4 is 11.8 Å². The monoisotopic (exact) mass is 235 g/mol. The van der Waals surface area contributed by atoms with E-state index in [0.29, 0.717) is 0 Å². The third-order valence-electron chi connectivity index (χ3n) is 2.42. The molecule has 0 aromatic heterocycles. The summed E-state index contributed by atoms with van der Waals surface area (Å²) in [6, 6.07) is 8.85. The zero-order valence-electron chi connectivity index (χ0n) is 10.0. The summed E-state index contributed by atoms with van der Waals surface area (Å²) in [5.74, 6) is 2.20. The van der Waals surface area contributed by atoms with Gasteiger partial charge >= 0.3 is 0 Å². The van der Waals surface area contributed by atoms with Crippen molar-refractivity contribution in [3.05, 3.63) is 48.0 Å². The summed E-state index contributed by atoms with van der Waals surface area (Å²) in [4.78, 5) is 0.